The van der Waals surface area contributed by atoms with E-state index in [9.17, 15) is 14.9 Å². The number of nitro groups is 1. The minimum absolute atomic E-state index is 0.0137. The molecule has 9 heteroatoms. The monoisotopic (exact) mass is 435 g/mol. The standard InChI is InChI=1S/C20H19Cl2N3O4/c1-2-3-4-5-11-24-17-10-9-13(25(27)28)12-14(17)19(23-24)29-20(26)18-15(21)7-6-8-16(18)22/h6-10,12H,2-5,11H2,1H3. The van der Waals surface area contributed by atoms with Gasteiger partial charge in [-0.3, -0.25) is 14.8 Å². The van der Waals surface area contributed by atoms with Crippen molar-refractivity contribution in [3.8, 4) is 5.88 Å². The summed E-state index contributed by atoms with van der Waals surface area (Å²) in [7, 11) is 0. The molecule has 29 heavy (non-hydrogen) atoms. The minimum Gasteiger partial charge on any atom is -0.401 e. The number of halogens is 2. The molecule has 0 aliphatic rings. The number of aryl methyl sites for hydroxylation is 1. The van der Waals surface area contributed by atoms with Crippen molar-refractivity contribution in [2.24, 2.45) is 0 Å². The van der Waals surface area contributed by atoms with Gasteiger partial charge in [0.15, 0.2) is 0 Å². The quantitative estimate of drug-likeness (QED) is 0.186. The summed E-state index contributed by atoms with van der Waals surface area (Å²) < 4.78 is 7.16. The third-order valence-corrected chi connectivity index (χ3v) is 5.12. The Balaban J connectivity index is 1.97. The molecule has 0 unspecified atom stereocenters. The van der Waals surface area contributed by atoms with E-state index in [-0.39, 0.29) is 27.2 Å². The number of hydrogen-bond donors (Lipinski definition) is 0. The highest BCUT2D eigenvalue weighted by molar-refractivity contribution is 6.39. The van der Waals surface area contributed by atoms with Gasteiger partial charge in [0, 0.05) is 18.7 Å². The van der Waals surface area contributed by atoms with Gasteiger partial charge in [0.2, 0.25) is 5.88 Å². The molecule has 2 aromatic carbocycles. The van der Waals surface area contributed by atoms with Gasteiger partial charge >= 0.3 is 5.97 Å². The first-order chi connectivity index (χ1) is 13.9. The Kier molecular flexibility index (Phi) is 6.71. The molecule has 0 bridgehead atoms. The predicted molar refractivity (Wildman–Crippen MR) is 112 cm³/mol. The molecular formula is C20H19Cl2N3O4. The van der Waals surface area contributed by atoms with E-state index in [1.54, 1.807) is 16.8 Å². The van der Waals surface area contributed by atoms with Crippen molar-refractivity contribution in [3.63, 3.8) is 0 Å². The zero-order valence-electron chi connectivity index (χ0n) is 15.7. The molecule has 7 nitrogen and oxygen atoms in total. The lowest BCUT2D eigenvalue weighted by Crippen LogP contribution is -2.11. The minimum atomic E-state index is -0.773. The molecule has 0 radical (unpaired) electrons. The van der Waals surface area contributed by atoms with E-state index < -0.39 is 10.9 Å². The van der Waals surface area contributed by atoms with Crippen LogP contribution in [0.15, 0.2) is 36.4 Å². The number of nitrogens with zero attached hydrogens (tertiary/aromatic N) is 3. The maximum atomic E-state index is 12.7. The van der Waals surface area contributed by atoms with E-state index in [0.717, 1.165) is 25.7 Å². The molecule has 3 rings (SSSR count). The number of unbranched alkanes of at least 4 members (excludes halogenated alkanes) is 3. The second-order valence-electron chi connectivity index (χ2n) is 6.53. The van der Waals surface area contributed by atoms with Crippen LogP contribution in [0.3, 0.4) is 0 Å². The number of fused-ring (bicyclic) bond motifs is 1. The van der Waals surface area contributed by atoms with Crippen molar-refractivity contribution in [1.29, 1.82) is 0 Å². The highest BCUT2D eigenvalue weighted by atomic mass is 35.5. The van der Waals surface area contributed by atoms with Crippen molar-refractivity contribution >= 4 is 45.8 Å². The maximum absolute atomic E-state index is 12.7. The molecule has 0 aliphatic carbocycles. The summed E-state index contributed by atoms with van der Waals surface area (Å²) in [5, 5.41) is 16.2. The van der Waals surface area contributed by atoms with E-state index in [1.807, 2.05) is 0 Å². The third kappa shape index (κ3) is 4.68. The summed E-state index contributed by atoms with van der Waals surface area (Å²) in [6, 6.07) is 9.04. The first-order valence-electron chi connectivity index (χ1n) is 9.23. The Morgan fingerprint density at radius 2 is 1.90 bits per heavy atom. The fourth-order valence-electron chi connectivity index (χ4n) is 3.02. The number of aromatic nitrogens is 2. The van der Waals surface area contributed by atoms with Gasteiger partial charge in [0.25, 0.3) is 5.69 Å². The smallest absolute Gasteiger partial charge is 0.347 e. The zero-order valence-corrected chi connectivity index (χ0v) is 17.2. The van der Waals surface area contributed by atoms with E-state index >= 15 is 0 Å². The SMILES string of the molecule is CCCCCCn1nc(OC(=O)c2c(Cl)cccc2Cl)c2cc([N+](=O)[O-])ccc21. The first kappa shape index (κ1) is 21.1. The van der Waals surface area contributed by atoms with Gasteiger partial charge in [-0.25, -0.2) is 4.79 Å². The average Bonchev–Trinajstić information content (AvgIpc) is 3.02. The van der Waals surface area contributed by atoms with Crippen LogP contribution in [-0.4, -0.2) is 20.7 Å². The number of hydrogen-bond acceptors (Lipinski definition) is 5. The van der Waals surface area contributed by atoms with Crippen LogP contribution in [-0.2, 0) is 6.54 Å². The molecule has 3 aromatic rings. The van der Waals surface area contributed by atoms with Crippen molar-refractivity contribution in [2.45, 2.75) is 39.2 Å². The zero-order chi connectivity index (χ0) is 21.0. The average molecular weight is 436 g/mol. The lowest BCUT2D eigenvalue weighted by molar-refractivity contribution is -0.384. The third-order valence-electron chi connectivity index (χ3n) is 4.49. The summed E-state index contributed by atoms with van der Waals surface area (Å²) in [6.07, 6.45) is 4.14. The Bertz CT molecular complexity index is 1050. The number of nitro benzene ring substituents is 1. The number of rotatable bonds is 8. The number of esters is 1. The lowest BCUT2D eigenvalue weighted by atomic mass is 10.2. The number of carbonyl (C=O) groups excluding carboxylic acids is 1. The van der Waals surface area contributed by atoms with Crippen molar-refractivity contribution in [2.75, 3.05) is 0 Å². The molecule has 0 saturated carbocycles. The molecule has 0 spiro atoms. The van der Waals surface area contributed by atoms with Gasteiger partial charge in [-0.15, -0.1) is 5.10 Å². The van der Waals surface area contributed by atoms with Crippen molar-refractivity contribution in [1.82, 2.24) is 9.78 Å². The van der Waals surface area contributed by atoms with Gasteiger partial charge < -0.3 is 4.74 Å². The Labute approximate surface area is 177 Å². The van der Waals surface area contributed by atoms with Gasteiger partial charge in [-0.2, -0.15) is 0 Å². The van der Waals surface area contributed by atoms with Crippen LogP contribution in [0, 0.1) is 10.1 Å². The van der Waals surface area contributed by atoms with E-state index in [4.69, 9.17) is 27.9 Å². The number of non-ortho nitro benzene ring substituents is 1. The summed E-state index contributed by atoms with van der Waals surface area (Å²) in [6.45, 7) is 2.73. The summed E-state index contributed by atoms with van der Waals surface area (Å²) in [5.41, 5.74) is 0.558. The van der Waals surface area contributed by atoms with Crippen LogP contribution >= 0.6 is 23.2 Å². The molecule has 0 N–H and O–H groups in total. The number of ether oxygens (including phenoxy) is 1. The van der Waals surface area contributed by atoms with Crippen molar-refractivity contribution in [3.05, 3.63) is 62.1 Å². The molecule has 0 aliphatic heterocycles. The molecule has 1 aromatic heterocycles. The predicted octanol–water partition coefficient (Wildman–Crippen LogP) is 6.05. The summed E-state index contributed by atoms with van der Waals surface area (Å²) in [4.78, 5) is 23.3. The van der Waals surface area contributed by atoms with Crippen LogP contribution in [0.2, 0.25) is 10.0 Å². The van der Waals surface area contributed by atoms with E-state index in [0.29, 0.717) is 17.4 Å². The first-order valence-corrected chi connectivity index (χ1v) is 9.99. The van der Waals surface area contributed by atoms with Crippen LogP contribution in [0.4, 0.5) is 5.69 Å². The Hall–Kier alpha value is -2.64. The largest absolute Gasteiger partial charge is 0.401 e. The van der Waals surface area contributed by atoms with Crippen LogP contribution in [0.25, 0.3) is 10.9 Å². The highest BCUT2D eigenvalue weighted by Gasteiger charge is 2.22. The fourth-order valence-corrected chi connectivity index (χ4v) is 3.57. The van der Waals surface area contributed by atoms with Gasteiger partial charge in [0.1, 0.15) is 0 Å². The Morgan fingerprint density at radius 3 is 2.55 bits per heavy atom. The number of carbonyl (C=O) groups is 1. The molecular weight excluding hydrogens is 417 g/mol. The second kappa shape index (κ2) is 9.24. The summed E-state index contributed by atoms with van der Waals surface area (Å²) >= 11 is 12.2. The second-order valence-corrected chi connectivity index (χ2v) is 7.35. The number of benzene rings is 2. The van der Waals surface area contributed by atoms with Crippen molar-refractivity contribution < 1.29 is 14.5 Å². The fraction of sp³-hybridized carbons (Fsp3) is 0.300. The van der Waals surface area contributed by atoms with Crippen LogP contribution < -0.4 is 4.74 Å². The van der Waals surface area contributed by atoms with E-state index in [1.165, 1.54) is 24.3 Å². The molecule has 0 fully saturated rings. The van der Waals surface area contributed by atoms with E-state index in [2.05, 4.69) is 12.0 Å². The van der Waals surface area contributed by atoms with Crippen LogP contribution in [0.1, 0.15) is 43.0 Å². The molecule has 0 atom stereocenters. The topological polar surface area (TPSA) is 87.3 Å². The lowest BCUT2D eigenvalue weighted by Gasteiger charge is -2.05. The summed E-state index contributed by atoms with van der Waals surface area (Å²) in [5.74, 6) is -0.787. The molecule has 0 saturated heterocycles. The molecule has 1 heterocycles. The molecule has 152 valence electrons. The van der Waals surface area contributed by atoms with Gasteiger partial charge in [-0.05, 0) is 24.6 Å². The normalized spacial score (nSPS) is 11.0. The van der Waals surface area contributed by atoms with Crippen LogP contribution in [0.5, 0.6) is 5.88 Å². The van der Waals surface area contributed by atoms with Gasteiger partial charge in [-0.1, -0.05) is 55.5 Å². The Morgan fingerprint density at radius 1 is 1.17 bits per heavy atom. The van der Waals surface area contributed by atoms with Gasteiger partial charge in [0.05, 0.1) is 31.4 Å². The molecule has 0 amide bonds. The highest BCUT2D eigenvalue weighted by Crippen LogP contribution is 2.31. The maximum Gasteiger partial charge on any atom is 0.347 e.